The van der Waals surface area contributed by atoms with Gasteiger partial charge in [0.05, 0.1) is 22.4 Å². The molecule has 0 saturated heterocycles. The van der Waals surface area contributed by atoms with E-state index < -0.39 is 0 Å². The third-order valence-corrected chi connectivity index (χ3v) is 8.05. The predicted molar refractivity (Wildman–Crippen MR) is 154 cm³/mol. The van der Waals surface area contributed by atoms with E-state index in [0.29, 0.717) is 40.5 Å². The second-order valence-electron chi connectivity index (χ2n) is 11.2. The van der Waals surface area contributed by atoms with E-state index in [-0.39, 0.29) is 41.6 Å². The number of nitrogens with one attached hydrogen (secondary N) is 1. The highest BCUT2D eigenvalue weighted by Gasteiger charge is 2.40. The molecule has 2 amide bonds. The molecule has 3 heterocycles. The number of thioether (sulfide) groups is 1. The molecule has 8 nitrogen and oxygen atoms in total. The standard InChI is InChI=1S/C29H33ClN4O4S/c1-17(2)13-31-23(35)14-33-24(36)15-39-26(18-9-10-21-22(11-18)38-16-37-21)25-27(29(3,4)5)32-34(28(25)33)20-8-6-7-19(30)12-20/h6-12,17,26H,13-16H2,1-5H3,(H,31,35). The number of fused-ring (bicyclic) bond motifs is 2. The molecule has 1 N–H and O–H groups in total. The Balaban J connectivity index is 1.72. The maximum absolute atomic E-state index is 13.7. The molecule has 1 unspecified atom stereocenters. The van der Waals surface area contributed by atoms with E-state index in [9.17, 15) is 9.59 Å². The number of hydrogen-bond donors (Lipinski definition) is 1. The molecule has 0 bridgehead atoms. The van der Waals surface area contributed by atoms with E-state index in [4.69, 9.17) is 26.2 Å². The summed E-state index contributed by atoms with van der Waals surface area (Å²) in [7, 11) is 0. The van der Waals surface area contributed by atoms with Crippen LogP contribution in [0, 0.1) is 5.92 Å². The van der Waals surface area contributed by atoms with E-state index in [1.807, 2.05) is 50.2 Å². The number of anilines is 1. The molecule has 0 saturated carbocycles. The number of aromatic nitrogens is 2. The summed E-state index contributed by atoms with van der Waals surface area (Å²) in [6.07, 6.45) is 0. The van der Waals surface area contributed by atoms with E-state index in [0.717, 1.165) is 16.8 Å². The number of benzene rings is 2. The fourth-order valence-electron chi connectivity index (χ4n) is 4.72. The summed E-state index contributed by atoms with van der Waals surface area (Å²) < 4.78 is 13.0. The van der Waals surface area contributed by atoms with Crippen LogP contribution >= 0.6 is 23.4 Å². The minimum atomic E-state index is -0.359. The van der Waals surface area contributed by atoms with Gasteiger partial charge in [-0.05, 0) is 41.8 Å². The van der Waals surface area contributed by atoms with Crippen molar-refractivity contribution in [1.82, 2.24) is 15.1 Å². The van der Waals surface area contributed by atoms with Gasteiger partial charge in [-0.25, -0.2) is 4.68 Å². The van der Waals surface area contributed by atoms with Crippen molar-refractivity contribution in [3.05, 3.63) is 64.3 Å². The van der Waals surface area contributed by atoms with E-state index in [1.54, 1.807) is 15.6 Å². The Morgan fingerprint density at radius 3 is 2.67 bits per heavy atom. The molecule has 0 aliphatic carbocycles. The largest absolute Gasteiger partial charge is 0.454 e. The first kappa shape index (κ1) is 27.4. The molecule has 2 aliphatic heterocycles. The molecule has 206 valence electrons. The van der Waals surface area contributed by atoms with Gasteiger partial charge in [-0.1, -0.05) is 58.4 Å². The van der Waals surface area contributed by atoms with Crippen LogP contribution in [0.1, 0.15) is 56.7 Å². The van der Waals surface area contributed by atoms with Crippen LogP contribution in [0.5, 0.6) is 11.5 Å². The second-order valence-corrected chi connectivity index (χ2v) is 12.7. The van der Waals surface area contributed by atoms with Gasteiger partial charge < -0.3 is 14.8 Å². The summed E-state index contributed by atoms with van der Waals surface area (Å²) in [4.78, 5) is 28.4. The quantitative estimate of drug-likeness (QED) is 0.423. The second kappa shape index (κ2) is 10.8. The Kier molecular flexibility index (Phi) is 7.57. The normalized spacial score (nSPS) is 16.8. The first-order valence-corrected chi connectivity index (χ1v) is 14.4. The van der Waals surface area contributed by atoms with E-state index in [2.05, 4.69) is 26.1 Å². The summed E-state index contributed by atoms with van der Waals surface area (Å²) >= 11 is 7.92. The number of ether oxygens (including phenoxy) is 2. The summed E-state index contributed by atoms with van der Waals surface area (Å²) in [6, 6.07) is 13.3. The van der Waals surface area contributed by atoms with Crippen molar-refractivity contribution >= 4 is 41.0 Å². The monoisotopic (exact) mass is 568 g/mol. The molecule has 10 heteroatoms. The molecule has 1 aromatic heterocycles. The topological polar surface area (TPSA) is 85.7 Å². The molecule has 39 heavy (non-hydrogen) atoms. The van der Waals surface area contributed by atoms with Gasteiger partial charge in [-0.15, -0.1) is 11.8 Å². The molecule has 0 spiro atoms. The number of carbonyl (C=O) groups excluding carboxylic acids is 2. The van der Waals surface area contributed by atoms with Crippen LogP contribution < -0.4 is 19.7 Å². The highest BCUT2D eigenvalue weighted by Crippen LogP contribution is 2.50. The lowest BCUT2D eigenvalue weighted by molar-refractivity contribution is -0.123. The van der Waals surface area contributed by atoms with Crippen molar-refractivity contribution < 1.29 is 19.1 Å². The van der Waals surface area contributed by atoms with Gasteiger partial charge in [0, 0.05) is 22.5 Å². The number of halogens is 1. The van der Waals surface area contributed by atoms with Crippen molar-refractivity contribution in [2.45, 2.75) is 45.3 Å². The van der Waals surface area contributed by atoms with E-state index in [1.165, 1.54) is 11.8 Å². The molecular weight excluding hydrogens is 536 g/mol. The van der Waals surface area contributed by atoms with Crippen molar-refractivity contribution in [2.24, 2.45) is 5.92 Å². The number of amides is 2. The van der Waals surface area contributed by atoms with Gasteiger partial charge in [0.15, 0.2) is 11.5 Å². The van der Waals surface area contributed by atoms with Crippen LogP contribution in [0.2, 0.25) is 5.02 Å². The Bertz CT molecular complexity index is 1410. The van der Waals surface area contributed by atoms with Crippen LogP contribution in [-0.2, 0) is 15.0 Å². The molecular formula is C29H33ClN4O4S. The fourth-order valence-corrected chi connectivity index (χ4v) is 6.09. The van der Waals surface area contributed by atoms with Crippen LogP contribution in [0.25, 0.3) is 5.69 Å². The number of carbonyl (C=O) groups is 2. The lowest BCUT2D eigenvalue weighted by Gasteiger charge is -2.24. The lowest BCUT2D eigenvalue weighted by atomic mass is 9.87. The van der Waals surface area contributed by atoms with Crippen molar-refractivity contribution in [3.8, 4) is 17.2 Å². The Morgan fingerprint density at radius 1 is 1.18 bits per heavy atom. The minimum Gasteiger partial charge on any atom is -0.454 e. The number of hydrogen-bond acceptors (Lipinski definition) is 6. The van der Waals surface area contributed by atoms with Crippen LogP contribution in [0.3, 0.4) is 0 Å². The van der Waals surface area contributed by atoms with Gasteiger partial charge >= 0.3 is 0 Å². The average Bonchev–Trinajstić information content (AvgIpc) is 3.48. The van der Waals surface area contributed by atoms with E-state index >= 15 is 0 Å². The van der Waals surface area contributed by atoms with Gasteiger partial charge in [-0.2, -0.15) is 5.10 Å². The molecule has 3 aromatic rings. The molecule has 2 aromatic carbocycles. The van der Waals surface area contributed by atoms with Crippen LogP contribution in [-0.4, -0.2) is 47.2 Å². The van der Waals surface area contributed by atoms with Gasteiger partial charge in [0.25, 0.3) is 0 Å². The molecule has 0 radical (unpaired) electrons. The number of nitrogens with zero attached hydrogens (tertiary/aromatic N) is 3. The van der Waals surface area contributed by atoms with Gasteiger partial charge in [-0.3, -0.25) is 14.5 Å². The highest BCUT2D eigenvalue weighted by molar-refractivity contribution is 8.00. The molecule has 0 fully saturated rings. The first-order chi connectivity index (χ1) is 18.5. The van der Waals surface area contributed by atoms with Crippen molar-refractivity contribution in [1.29, 1.82) is 0 Å². The zero-order valence-electron chi connectivity index (χ0n) is 22.8. The predicted octanol–water partition coefficient (Wildman–Crippen LogP) is 5.49. The van der Waals surface area contributed by atoms with Crippen LogP contribution in [0.15, 0.2) is 42.5 Å². The van der Waals surface area contributed by atoms with Gasteiger partial charge in [0.1, 0.15) is 12.4 Å². The number of rotatable bonds is 6. The minimum absolute atomic E-state index is 0.108. The third-order valence-electron chi connectivity index (χ3n) is 6.56. The van der Waals surface area contributed by atoms with Gasteiger partial charge in [0.2, 0.25) is 18.6 Å². The lowest BCUT2D eigenvalue weighted by Crippen LogP contribution is -2.43. The highest BCUT2D eigenvalue weighted by atomic mass is 35.5. The third kappa shape index (κ3) is 5.61. The molecule has 5 rings (SSSR count). The van der Waals surface area contributed by atoms with Crippen molar-refractivity contribution in [3.63, 3.8) is 0 Å². The summed E-state index contributed by atoms with van der Waals surface area (Å²) in [5, 5.41) is 8.37. The summed E-state index contributed by atoms with van der Waals surface area (Å²) in [6.45, 7) is 11.0. The maximum Gasteiger partial charge on any atom is 0.240 e. The Labute approximate surface area is 238 Å². The Morgan fingerprint density at radius 2 is 1.95 bits per heavy atom. The maximum atomic E-state index is 13.7. The first-order valence-electron chi connectivity index (χ1n) is 13.0. The SMILES string of the molecule is CC(C)CNC(=O)CN1C(=O)CSC(c2ccc3c(c2)OCO3)c2c(C(C)(C)C)nn(-c3cccc(Cl)c3)c21. The average molecular weight is 569 g/mol. The zero-order valence-corrected chi connectivity index (χ0v) is 24.4. The van der Waals surface area contributed by atoms with Crippen LogP contribution in [0.4, 0.5) is 5.82 Å². The fraction of sp³-hybridized carbons (Fsp3) is 0.414. The molecule has 2 aliphatic rings. The summed E-state index contributed by atoms with van der Waals surface area (Å²) in [5.74, 6) is 2.07. The smallest absolute Gasteiger partial charge is 0.240 e. The molecule has 1 atom stereocenters. The van der Waals surface area contributed by atoms with Crippen molar-refractivity contribution in [2.75, 3.05) is 30.5 Å². The Hall–Kier alpha value is -3.17. The summed E-state index contributed by atoms with van der Waals surface area (Å²) in [5.41, 5.74) is 3.07. The zero-order chi connectivity index (χ0) is 27.9.